The maximum atomic E-state index is 12.6. The van der Waals surface area contributed by atoms with E-state index >= 15 is 0 Å². The molecule has 2 heterocycles. The average Bonchev–Trinajstić information content (AvgIpc) is 3.24. The maximum Gasteiger partial charge on any atom is 0.406 e. The van der Waals surface area contributed by atoms with Crippen LogP contribution in [0.4, 0.5) is 13.2 Å². The van der Waals surface area contributed by atoms with Crippen LogP contribution in [0.3, 0.4) is 0 Å². The highest BCUT2D eigenvalue weighted by Crippen LogP contribution is 2.24. The molecule has 138 valence electrons. The van der Waals surface area contributed by atoms with Crippen LogP contribution >= 0.6 is 0 Å². The second kappa shape index (κ2) is 7.28. The third kappa shape index (κ3) is 4.29. The number of alkyl halides is 3. The zero-order chi connectivity index (χ0) is 18.7. The van der Waals surface area contributed by atoms with Crippen molar-refractivity contribution in [2.45, 2.75) is 32.2 Å². The van der Waals surface area contributed by atoms with Gasteiger partial charge in [0.25, 0.3) is 0 Å². The molecule has 3 rings (SSSR count). The average molecular weight is 365 g/mol. The van der Waals surface area contributed by atoms with Crippen molar-refractivity contribution in [3.8, 4) is 11.5 Å². The molecule has 3 aromatic rings. The van der Waals surface area contributed by atoms with E-state index in [0.717, 1.165) is 10.1 Å². The molecule has 0 bridgehead atoms. The summed E-state index contributed by atoms with van der Waals surface area (Å²) >= 11 is 0. The maximum absolute atomic E-state index is 12.6. The van der Waals surface area contributed by atoms with Gasteiger partial charge in [-0.05, 0) is 26.1 Å². The van der Waals surface area contributed by atoms with E-state index in [1.165, 1.54) is 12.4 Å². The third-order valence-electron chi connectivity index (χ3n) is 4.02. The summed E-state index contributed by atoms with van der Waals surface area (Å²) < 4.78 is 44.7. The molecule has 0 aliphatic rings. The molecule has 1 aromatic carbocycles. The second-order valence-electron chi connectivity index (χ2n) is 5.99. The predicted molar refractivity (Wildman–Crippen MR) is 87.9 cm³/mol. The lowest BCUT2D eigenvalue weighted by Crippen LogP contribution is -2.26. The lowest BCUT2D eigenvalue weighted by atomic mass is 10.2. The summed E-state index contributed by atoms with van der Waals surface area (Å²) in [7, 11) is 1.77. The van der Waals surface area contributed by atoms with E-state index in [0.29, 0.717) is 17.6 Å². The van der Waals surface area contributed by atoms with Gasteiger partial charge >= 0.3 is 6.18 Å². The number of hydrogen-bond donors (Lipinski definition) is 0. The van der Waals surface area contributed by atoms with Crippen molar-refractivity contribution in [1.82, 2.24) is 24.6 Å². The molecular formula is C17H18F3N5O. The fourth-order valence-corrected chi connectivity index (χ4v) is 2.48. The number of halogens is 3. The molecule has 0 spiro atoms. The van der Waals surface area contributed by atoms with Crippen molar-refractivity contribution >= 4 is 0 Å². The van der Waals surface area contributed by atoms with Crippen LogP contribution in [-0.2, 0) is 13.1 Å². The van der Waals surface area contributed by atoms with E-state index in [4.69, 9.17) is 4.42 Å². The number of aromatic nitrogens is 4. The number of rotatable bonds is 6. The summed E-state index contributed by atoms with van der Waals surface area (Å²) in [4.78, 5) is 5.83. The van der Waals surface area contributed by atoms with Gasteiger partial charge in [0.15, 0.2) is 0 Å². The van der Waals surface area contributed by atoms with E-state index in [2.05, 4.69) is 15.2 Å². The molecule has 0 amide bonds. The van der Waals surface area contributed by atoms with Gasteiger partial charge in [-0.3, -0.25) is 4.90 Å². The Morgan fingerprint density at radius 1 is 1.19 bits per heavy atom. The highest BCUT2D eigenvalue weighted by Gasteiger charge is 2.29. The largest absolute Gasteiger partial charge is 0.419 e. The molecule has 0 aliphatic heterocycles. The normalized spacial score (nSPS) is 13.3. The Bertz CT molecular complexity index is 843. The molecule has 0 fully saturated rings. The Morgan fingerprint density at radius 2 is 1.92 bits per heavy atom. The molecule has 0 aliphatic carbocycles. The van der Waals surface area contributed by atoms with E-state index in [1.807, 2.05) is 37.3 Å². The standard InChI is InChI=1S/C17H18F3N5O/c1-12(15-22-23-16(26-15)13-6-4-3-5-7-13)24(2)10-14-21-8-9-25(14)11-17(18,19)20/h3-9,12H,10-11H2,1-2H3. The van der Waals surface area contributed by atoms with Crippen molar-refractivity contribution in [3.63, 3.8) is 0 Å². The van der Waals surface area contributed by atoms with E-state index in [1.54, 1.807) is 11.9 Å². The van der Waals surface area contributed by atoms with Gasteiger partial charge in [-0.15, -0.1) is 10.2 Å². The predicted octanol–water partition coefficient (Wildman–Crippen LogP) is 3.69. The van der Waals surface area contributed by atoms with E-state index < -0.39 is 12.7 Å². The highest BCUT2D eigenvalue weighted by molar-refractivity contribution is 5.51. The SMILES string of the molecule is CC(c1nnc(-c2ccccc2)o1)N(C)Cc1nccn1CC(F)(F)F. The van der Waals surface area contributed by atoms with E-state index in [9.17, 15) is 13.2 Å². The Morgan fingerprint density at radius 3 is 2.62 bits per heavy atom. The van der Waals surface area contributed by atoms with Gasteiger partial charge in [0.05, 0.1) is 12.6 Å². The molecule has 1 atom stereocenters. The first-order chi connectivity index (χ1) is 12.3. The van der Waals surface area contributed by atoms with Crippen LogP contribution < -0.4 is 0 Å². The molecule has 6 nitrogen and oxygen atoms in total. The topological polar surface area (TPSA) is 60.0 Å². The molecule has 9 heteroatoms. The van der Waals surface area contributed by atoms with Gasteiger partial charge in [0.1, 0.15) is 12.4 Å². The smallest absolute Gasteiger partial charge is 0.406 e. The molecule has 0 saturated carbocycles. The van der Waals surface area contributed by atoms with Crippen LogP contribution in [0.25, 0.3) is 11.5 Å². The van der Waals surface area contributed by atoms with Gasteiger partial charge in [-0.1, -0.05) is 18.2 Å². The third-order valence-corrected chi connectivity index (χ3v) is 4.02. The molecule has 0 radical (unpaired) electrons. The lowest BCUT2D eigenvalue weighted by Gasteiger charge is -2.22. The first-order valence-corrected chi connectivity index (χ1v) is 7.99. The van der Waals surface area contributed by atoms with Gasteiger partial charge in [-0.25, -0.2) is 4.98 Å². The summed E-state index contributed by atoms with van der Waals surface area (Å²) in [6.07, 6.45) is -1.61. The molecule has 2 aromatic heterocycles. The van der Waals surface area contributed by atoms with Crippen molar-refractivity contribution in [2.24, 2.45) is 0 Å². The summed E-state index contributed by atoms with van der Waals surface area (Å²) in [6, 6.07) is 9.07. The summed E-state index contributed by atoms with van der Waals surface area (Å²) in [5.74, 6) is 1.11. The van der Waals surface area contributed by atoms with Crippen LogP contribution in [0.2, 0.25) is 0 Å². The zero-order valence-electron chi connectivity index (χ0n) is 14.3. The molecule has 0 saturated heterocycles. The summed E-state index contributed by atoms with van der Waals surface area (Å²) in [6.45, 7) is 0.996. The van der Waals surface area contributed by atoms with Crippen LogP contribution in [0, 0.1) is 0 Å². The first kappa shape index (κ1) is 18.1. The fourth-order valence-electron chi connectivity index (χ4n) is 2.48. The van der Waals surface area contributed by atoms with Gasteiger partial charge in [0.2, 0.25) is 11.8 Å². The first-order valence-electron chi connectivity index (χ1n) is 7.99. The Hall–Kier alpha value is -2.68. The number of imidazole rings is 1. The number of benzene rings is 1. The minimum atomic E-state index is -4.29. The van der Waals surface area contributed by atoms with Gasteiger partial charge in [-0.2, -0.15) is 13.2 Å². The second-order valence-corrected chi connectivity index (χ2v) is 5.99. The summed E-state index contributed by atoms with van der Waals surface area (Å²) in [5, 5.41) is 8.10. The quantitative estimate of drug-likeness (QED) is 0.667. The van der Waals surface area contributed by atoms with Crippen LogP contribution in [0.5, 0.6) is 0 Å². The fraction of sp³-hybridized carbons (Fsp3) is 0.353. The monoisotopic (exact) mass is 365 g/mol. The lowest BCUT2D eigenvalue weighted by molar-refractivity contribution is -0.141. The van der Waals surface area contributed by atoms with Gasteiger partial charge in [0, 0.05) is 18.0 Å². The molecule has 1 unspecified atom stereocenters. The molecular weight excluding hydrogens is 347 g/mol. The Kier molecular flexibility index (Phi) is 5.08. The van der Waals surface area contributed by atoms with Crippen molar-refractivity contribution in [2.75, 3.05) is 7.05 Å². The Balaban J connectivity index is 1.70. The van der Waals surface area contributed by atoms with Crippen molar-refractivity contribution in [1.29, 1.82) is 0 Å². The van der Waals surface area contributed by atoms with Crippen molar-refractivity contribution < 1.29 is 17.6 Å². The minimum Gasteiger partial charge on any atom is -0.419 e. The Labute approximate surface area is 148 Å². The van der Waals surface area contributed by atoms with Crippen LogP contribution in [-0.4, -0.2) is 37.9 Å². The number of nitrogens with zero attached hydrogens (tertiary/aromatic N) is 5. The highest BCUT2D eigenvalue weighted by atomic mass is 19.4. The van der Waals surface area contributed by atoms with Crippen LogP contribution in [0.15, 0.2) is 47.1 Å². The van der Waals surface area contributed by atoms with E-state index in [-0.39, 0.29) is 12.6 Å². The minimum absolute atomic E-state index is 0.216. The molecule has 0 N–H and O–H groups in total. The van der Waals surface area contributed by atoms with Crippen LogP contribution in [0.1, 0.15) is 24.7 Å². The summed E-state index contributed by atoms with van der Waals surface area (Å²) in [5.41, 5.74) is 0.807. The zero-order valence-corrected chi connectivity index (χ0v) is 14.3. The van der Waals surface area contributed by atoms with Gasteiger partial charge < -0.3 is 8.98 Å². The number of hydrogen-bond acceptors (Lipinski definition) is 5. The molecule has 26 heavy (non-hydrogen) atoms. The van der Waals surface area contributed by atoms with Crippen molar-refractivity contribution in [3.05, 3.63) is 54.4 Å².